The lowest BCUT2D eigenvalue weighted by molar-refractivity contribution is -0.144. The molecule has 0 radical (unpaired) electrons. The fourth-order valence-corrected chi connectivity index (χ4v) is 2.41. The predicted octanol–water partition coefficient (Wildman–Crippen LogP) is 6.78. The minimum atomic E-state index is -0.0519. The lowest BCUT2D eigenvalue weighted by Gasteiger charge is -2.10. The number of unbranched alkanes of at least 4 members (excludes halogenated alkanes) is 1. The molecule has 1 atom stereocenters. The fourth-order valence-electron chi connectivity index (χ4n) is 2.41. The molecule has 2 heteroatoms. The summed E-state index contributed by atoms with van der Waals surface area (Å²) in [6.07, 6.45) is 13.6. The quantitative estimate of drug-likeness (QED) is 0.223. The third-order valence-corrected chi connectivity index (χ3v) is 3.92. The fraction of sp³-hybridized carbons (Fsp3) is 0.682. The zero-order chi connectivity index (χ0) is 18.4. The molecule has 24 heavy (non-hydrogen) atoms. The highest BCUT2D eigenvalue weighted by atomic mass is 16.5. The van der Waals surface area contributed by atoms with E-state index in [0.717, 1.165) is 38.5 Å². The summed E-state index contributed by atoms with van der Waals surface area (Å²) >= 11 is 0. The molecule has 0 N–H and O–H groups in total. The van der Waals surface area contributed by atoms with Crippen molar-refractivity contribution >= 4 is 5.97 Å². The Labute approximate surface area is 150 Å². The van der Waals surface area contributed by atoms with Gasteiger partial charge in [0.05, 0.1) is 6.61 Å². The molecule has 0 spiro atoms. The van der Waals surface area contributed by atoms with Crippen LogP contribution in [-0.2, 0) is 9.53 Å². The monoisotopic (exact) mass is 334 g/mol. The number of rotatable bonds is 12. The second-order valence-electron chi connectivity index (χ2n) is 7.40. The van der Waals surface area contributed by atoms with Crippen molar-refractivity contribution in [3.63, 3.8) is 0 Å². The zero-order valence-electron chi connectivity index (χ0n) is 16.8. The molecule has 0 fully saturated rings. The van der Waals surface area contributed by atoms with Gasteiger partial charge in [0.2, 0.25) is 0 Å². The van der Waals surface area contributed by atoms with Crippen LogP contribution in [0.4, 0.5) is 0 Å². The second kappa shape index (κ2) is 14.1. The molecule has 0 aromatic carbocycles. The van der Waals surface area contributed by atoms with E-state index < -0.39 is 0 Å². The van der Waals surface area contributed by atoms with Crippen molar-refractivity contribution in [3.05, 3.63) is 34.9 Å². The summed E-state index contributed by atoms with van der Waals surface area (Å²) in [6, 6.07) is 0. The number of hydrogen-bond acceptors (Lipinski definition) is 2. The van der Waals surface area contributed by atoms with Crippen molar-refractivity contribution in [1.29, 1.82) is 0 Å². The summed E-state index contributed by atoms with van der Waals surface area (Å²) in [5, 5.41) is 0. The van der Waals surface area contributed by atoms with Gasteiger partial charge in [-0.05, 0) is 79.1 Å². The van der Waals surface area contributed by atoms with E-state index in [1.807, 2.05) is 0 Å². The van der Waals surface area contributed by atoms with Gasteiger partial charge in [0.25, 0.3) is 0 Å². The molecule has 0 amide bonds. The maximum atomic E-state index is 11.8. The Morgan fingerprint density at radius 1 is 0.917 bits per heavy atom. The molecule has 0 aliphatic rings. The molecule has 0 unspecified atom stereocenters. The first-order valence-corrected chi connectivity index (χ1v) is 9.39. The highest BCUT2D eigenvalue weighted by molar-refractivity contribution is 5.69. The Balaban J connectivity index is 3.80. The highest BCUT2D eigenvalue weighted by Gasteiger charge is 2.09. The molecule has 0 bridgehead atoms. The van der Waals surface area contributed by atoms with Crippen molar-refractivity contribution in [2.45, 2.75) is 86.5 Å². The standard InChI is InChI=1S/C22H38O2/c1-18(2)11-7-8-16-24-22(23)17-21(6)15-10-14-20(5)13-9-12-19(3)4/h11-12,14,21H,7-10,13,15-17H2,1-6H3/b20-14+/t21-/m0/s1. The van der Waals surface area contributed by atoms with Gasteiger partial charge in [0.1, 0.15) is 0 Å². The van der Waals surface area contributed by atoms with Crippen LogP contribution in [0.15, 0.2) is 34.9 Å². The lowest BCUT2D eigenvalue weighted by atomic mass is 10.00. The zero-order valence-corrected chi connectivity index (χ0v) is 16.8. The van der Waals surface area contributed by atoms with Gasteiger partial charge in [-0.1, -0.05) is 41.9 Å². The molecule has 0 aliphatic carbocycles. The van der Waals surface area contributed by atoms with E-state index in [0.29, 0.717) is 18.9 Å². The summed E-state index contributed by atoms with van der Waals surface area (Å²) < 4.78 is 5.31. The van der Waals surface area contributed by atoms with Crippen molar-refractivity contribution in [2.24, 2.45) is 5.92 Å². The normalized spacial score (nSPS) is 12.5. The van der Waals surface area contributed by atoms with E-state index >= 15 is 0 Å². The number of carbonyl (C=O) groups is 1. The van der Waals surface area contributed by atoms with Crippen LogP contribution in [0.3, 0.4) is 0 Å². The average molecular weight is 335 g/mol. The van der Waals surface area contributed by atoms with Gasteiger partial charge >= 0.3 is 5.97 Å². The van der Waals surface area contributed by atoms with Gasteiger partial charge in [0.15, 0.2) is 0 Å². The van der Waals surface area contributed by atoms with Crippen molar-refractivity contribution in [3.8, 4) is 0 Å². The Morgan fingerprint density at radius 3 is 2.17 bits per heavy atom. The van der Waals surface area contributed by atoms with Crippen molar-refractivity contribution in [1.82, 2.24) is 0 Å². The Kier molecular flexibility index (Phi) is 13.3. The third kappa shape index (κ3) is 15.6. The average Bonchev–Trinajstić information content (AvgIpc) is 2.46. The topological polar surface area (TPSA) is 26.3 Å². The number of carbonyl (C=O) groups excluding carboxylic acids is 1. The van der Waals surface area contributed by atoms with Gasteiger partial charge in [-0.2, -0.15) is 0 Å². The van der Waals surface area contributed by atoms with Crippen LogP contribution in [0.5, 0.6) is 0 Å². The molecule has 0 aromatic rings. The molecule has 0 saturated carbocycles. The van der Waals surface area contributed by atoms with Gasteiger partial charge < -0.3 is 4.74 Å². The molecular formula is C22H38O2. The van der Waals surface area contributed by atoms with Crippen LogP contribution in [0.1, 0.15) is 86.5 Å². The van der Waals surface area contributed by atoms with Crippen molar-refractivity contribution < 1.29 is 9.53 Å². The Bertz CT molecular complexity index is 433. The molecule has 138 valence electrons. The van der Waals surface area contributed by atoms with Gasteiger partial charge in [-0.3, -0.25) is 4.79 Å². The van der Waals surface area contributed by atoms with Crippen LogP contribution in [-0.4, -0.2) is 12.6 Å². The van der Waals surface area contributed by atoms with E-state index in [1.165, 1.54) is 16.7 Å². The highest BCUT2D eigenvalue weighted by Crippen LogP contribution is 2.15. The summed E-state index contributed by atoms with van der Waals surface area (Å²) in [5.74, 6) is 0.334. The maximum Gasteiger partial charge on any atom is 0.306 e. The van der Waals surface area contributed by atoms with Crippen LogP contribution < -0.4 is 0 Å². The first kappa shape index (κ1) is 22.7. The minimum absolute atomic E-state index is 0.0519. The molecule has 0 aromatic heterocycles. The van der Waals surface area contributed by atoms with E-state index in [1.54, 1.807) is 0 Å². The second-order valence-corrected chi connectivity index (χ2v) is 7.40. The van der Waals surface area contributed by atoms with Crippen LogP contribution in [0, 0.1) is 5.92 Å². The van der Waals surface area contributed by atoms with Crippen LogP contribution in [0.25, 0.3) is 0 Å². The van der Waals surface area contributed by atoms with Crippen LogP contribution >= 0.6 is 0 Å². The molecule has 0 rings (SSSR count). The van der Waals surface area contributed by atoms with Gasteiger partial charge in [0, 0.05) is 6.42 Å². The number of esters is 1. The molecule has 0 saturated heterocycles. The summed E-state index contributed by atoms with van der Waals surface area (Å²) in [7, 11) is 0. The minimum Gasteiger partial charge on any atom is -0.466 e. The lowest BCUT2D eigenvalue weighted by Crippen LogP contribution is -2.10. The number of allylic oxidation sites excluding steroid dienone is 6. The summed E-state index contributed by atoms with van der Waals surface area (Å²) in [6.45, 7) is 13.3. The maximum absolute atomic E-state index is 11.8. The van der Waals surface area contributed by atoms with E-state index in [9.17, 15) is 4.79 Å². The molecular weight excluding hydrogens is 296 g/mol. The van der Waals surface area contributed by atoms with E-state index in [-0.39, 0.29) is 5.97 Å². The SMILES string of the molecule is CC(C)=CCCCOC(=O)C[C@@H](C)CC/C=C(\C)CCC=C(C)C. The smallest absolute Gasteiger partial charge is 0.306 e. The Morgan fingerprint density at radius 2 is 1.54 bits per heavy atom. The van der Waals surface area contributed by atoms with Crippen molar-refractivity contribution in [2.75, 3.05) is 6.61 Å². The summed E-state index contributed by atoms with van der Waals surface area (Å²) in [4.78, 5) is 11.8. The molecule has 0 aliphatic heterocycles. The van der Waals surface area contributed by atoms with E-state index in [2.05, 4.69) is 59.8 Å². The Hall–Kier alpha value is -1.31. The largest absolute Gasteiger partial charge is 0.466 e. The first-order valence-electron chi connectivity index (χ1n) is 9.39. The summed E-state index contributed by atoms with van der Waals surface area (Å²) in [5.41, 5.74) is 4.15. The molecule has 0 heterocycles. The third-order valence-electron chi connectivity index (χ3n) is 3.92. The number of hydrogen-bond donors (Lipinski definition) is 0. The van der Waals surface area contributed by atoms with Gasteiger partial charge in [-0.25, -0.2) is 0 Å². The predicted molar refractivity (Wildman–Crippen MR) is 105 cm³/mol. The number of ether oxygens (including phenoxy) is 1. The van der Waals surface area contributed by atoms with E-state index in [4.69, 9.17) is 4.74 Å². The van der Waals surface area contributed by atoms with Crippen LogP contribution in [0.2, 0.25) is 0 Å². The van der Waals surface area contributed by atoms with Gasteiger partial charge in [-0.15, -0.1) is 0 Å². The molecule has 2 nitrogen and oxygen atoms in total. The first-order chi connectivity index (χ1) is 11.3.